The summed E-state index contributed by atoms with van der Waals surface area (Å²) in [6.45, 7) is 8.91. The number of hydrogen-bond acceptors (Lipinski definition) is 2. The van der Waals surface area contributed by atoms with Crippen molar-refractivity contribution in [2.75, 3.05) is 0 Å². The number of nitrogens with zero attached hydrogens (tertiary/aromatic N) is 1. The van der Waals surface area contributed by atoms with Gasteiger partial charge in [0.15, 0.2) is 0 Å². The minimum absolute atomic E-state index is 0.0548. The van der Waals surface area contributed by atoms with Crippen LogP contribution in [0, 0.1) is 6.92 Å². The first kappa shape index (κ1) is 29.8. The molecule has 0 saturated heterocycles. The molecule has 224 valence electrons. The quantitative estimate of drug-likeness (QED) is 0.191. The SMILES string of the molecule is C/C=C1\C(=C/S)C(C)(C)c2ccc(-c3ccc(-c4cccc(-c5cc(-c6ccccc6)nc(-c6ccccc6)c5)c4)c(C)c3)cc21. The van der Waals surface area contributed by atoms with Gasteiger partial charge in [-0.2, -0.15) is 12.6 Å². The Hall–Kier alpha value is -4.92. The van der Waals surface area contributed by atoms with Gasteiger partial charge in [-0.1, -0.05) is 129 Å². The molecular formula is C44H37NS. The Labute approximate surface area is 278 Å². The molecule has 1 aliphatic carbocycles. The number of aryl methyl sites for hydroxylation is 1. The minimum atomic E-state index is -0.0548. The lowest BCUT2D eigenvalue weighted by atomic mass is 9.83. The van der Waals surface area contributed by atoms with Gasteiger partial charge in [0.05, 0.1) is 11.4 Å². The van der Waals surface area contributed by atoms with Crippen molar-refractivity contribution < 1.29 is 0 Å². The first-order valence-electron chi connectivity index (χ1n) is 15.9. The summed E-state index contributed by atoms with van der Waals surface area (Å²) in [6, 6.07) is 47.9. The fraction of sp³-hybridized carbons (Fsp3) is 0.114. The van der Waals surface area contributed by atoms with E-state index in [1.807, 2.05) is 17.5 Å². The Morgan fingerprint density at radius 1 is 0.543 bits per heavy atom. The van der Waals surface area contributed by atoms with Gasteiger partial charge < -0.3 is 0 Å². The van der Waals surface area contributed by atoms with Crippen molar-refractivity contribution in [3.8, 4) is 55.9 Å². The van der Waals surface area contributed by atoms with Crippen LogP contribution in [-0.4, -0.2) is 4.98 Å². The topological polar surface area (TPSA) is 12.9 Å². The van der Waals surface area contributed by atoms with E-state index in [2.05, 4.69) is 168 Å². The van der Waals surface area contributed by atoms with Crippen LogP contribution in [0.5, 0.6) is 0 Å². The van der Waals surface area contributed by atoms with E-state index in [9.17, 15) is 0 Å². The molecule has 7 rings (SSSR count). The second-order valence-electron chi connectivity index (χ2n) is 12.6. The molecule has 1 nitrogen and oxygen atoms in total. The number of hydrogen-bond donors (Lipinski definition) is 1. The monoisotopic (exact) mass is 611 g/mol. The fourth-order valence-corrected chi connectivity index (χ4v) is 7.37. The molecule has 0 spiro atoms. The maximum absolute atomic E-state index is 5.07. The number of thiol groups is 1. The van der Waals surface area contributed by atoms with Crippen LogP contribution in [-0.2, 0) is 5.41 Å². The molecule has 0 N–H and O–H groups in total. The third kappa shape index (κ3) is 5.33. The van der Waals surface area contributed by atoms with Crippen LogP contribution in [0.25, 0.3) is 61.5 Å². The molecule has 0 aliphatic heterocycles. The standard InChI is InChI=1S/C44H37NS/c1-5-37-39-25-34(20-22-40(39)44(3,4)41(37)28-46)33-19-21-38(29(2)23-33)35-18-12-17-32(24-35)36-26-42(30-13-8-6-9-14-30)45-43(27-36)31-15-10-7-11-16-31/h5-28,46H,1-4H3/b37-5-,41-28+. The highest BCUT2D eigenvalue weighted by Gasteiger charge is 2.37. The summed E-state index contributed by atoms with van der Waals surface area (Å²) in [7, 11) is 0. The van der Waals surface area contributed by atoms with E-state index in [0.717, 1.165) is 28.1 Å². The van der Waals surface area contributed by atoms with E-state index in [-0.39, 0.29) is 5.41 Å². The highest BCUT2D eigenvalue weighted by Crippen LogP contribution is 2.50. The van der Waals surface area contributed by atoms with Crippen molar-refractivity contribution in [2.24, 2.45) is 0 Å². The van der Waals surface area contributed by atoms with E-state index in [0.29, 0.717) is 0 Å². The summed E-state index contributed by atoms with van der Waals surface area (Å²) in [4.78, 5) is 5.07. The molecule has 6 aromatic rings. The highest BCUT2D eigenvalue weighted by atomic mass is 32.1. The van der Waals surface area contributed by atoms with Gasteiger partial charge in [-0.3, -0.25) is 0 Å². The van der Waals surface area contributed by atoms with Crippen molar-refractivity contribution in [2.45, 2.75) is 33.1 Å². The number of pyridine rings is 1. The number of aromatic nitrogens is 1. The van der Waals surface area contributed by atoms with Crippen molar-refractivity contribution in [1.29, 1.82) is 0 Å². The molecule has 2 heteroatoms. The van der Waals surface area contributed by atoms with Crippen molar-refractivity contribution in [3.63, 3.8) is 0 Å². The Kier molecular flexibility index (Phi) is 7.84. The molecule has 0 unspecified atom stereocenters. The Balaban J connectivity index is 1.26. The van der Waals surface area contributed by atoms with Gasteiger partial charge in [0, 0.05) is 16.5 Å². The van der Waals surface area contributed by atoms with E-state index in [1.54, 1.807) is 0 Å². The molecule has 0 radical (unpaired) electrons. The number of fused-ring (bicyclic) bond motifs is 1. The molecule has 1 aromatic heterocycles. The second-order valence-corrected chi connectivity index (χ2v) is 12.9. The van der Waals surface area contributed by atoms with E-state index < -0.39 is 0 Å². The lowest BCUT2D eigenvalue weighted by Crippen LogP contribution is -2.14. The highest BCUT2D eigenvalue weighted by molar-refractivity contribution is 7.83. The lowest BCUT2D eigenvalue weighted by molar-refractivity contribution is 0.662. The van der Waals surface area contributed by atoms with Crippen molar-refractivity contribution >= 4 is 18.2 Å². The third-order valence-corrected chi connectivity index (χ3v) is 9.65. The zero-order valence-electron chi connectivity index (χ0n) is 26.8. The number of allylic oxidation sites excluding steroid dienone is 3. The van der Waals surface area contributed by atoms with Crippen LogP contribution in [0.15, 0.2) is 151 Å². The smallest absolute Gasteiger partial charge is 0.0715 e. The Morgan fingerprint density at radius 3 is 1.72 bits per heavy atom. The largest absolute Gasteiger partial charge is 0.248 e. The summed E-state index contributed by atoms with van der Waals surface area (Å²) in [5.74, 6) is 0. The fourth-order valence-electron chi connectivity index (χ4n) is 6.90. The number of rotatable bonds is 5. The maximum Gasteiger partial charge on any atom is 0.0715 e. The van der Waals surface area contributed by atoms with Gasteiger partial charge in [0.1, 0.15) is 0 Å². The molecule has 46 heavy (non-hydrogen) atoms. The first-order chi connectivity index (χ1) is 22.4. The first-order valence-corrected chi connectivity index (χ1v) is 16.4. The van der Waals surface area contributed by atoms with Crippen molar-refractivity contribution in [1.82, 2.24) is 4.98 Å². The van der Waals surface area contributed by atoms with Crippen molar-refractivity contribution in [3.05, 3.63) is 167 Å². The van der Waals surface area contributed by atoms with E-state index in [4.69, 9.17) is 4.98 Å². The summed E-state index contributed by atoms with van der Waals surface area (Å²) in [5.41, 5.74) is 17.8. The molecule has 1 aliphatic rings. The Bertz CT molecular complexity index is 2080. The molecule has 1 heterocycles. The van der Waals surface area contributed by atoms with Gasteiger partial charge in [-0.05, 0) is 105 Å². The molecule has 0 amide bonds. The Morgan fingerprint density at radius 2 is 1.11 bits per heavy atom. The van der Waals surface area contributed by atoms with Crippen LogP contribution < -0.4 is 0 Å². The predicted molar refractivity (Wildman–Crippen MR) is 200 cm³/mol. The van der Waals surface area contributed by atoms with Gasteiger partial charge in [0.2, 0.25) is 0 Å². The second kappa shape index (κ2) is 12.1. The molecule has 0 atom stereocenters. The summed E-state index contributed by atoms with van der Waals surface area (Å²) < 4.78 is 0. The van der Waals surface area contributed by atoms with Gasteiger partial charge in [-0.15, -0.1) is 0 Å². The van der Waals surface area contributed by atoms with Crippen LogP contribution in [0.3, 0.4) is 0 Å². The van der Waals surface area contributed by atoms with Crippen LogP contribution in [0.2, 0.25) is 0 Å². The van der Waals surface area contributed by atoms with E-state index >= 15 is 0 Å². The normalized spacial score (nSPS) is 15.3. The minimum Gasteiger partial charge on any atom is -0.248 e. The lowest BCUT2D eigenvalue weighted by Gasteiger charge is -2.21. The summed E-state index contributed by atoms with van der Waals surface area (Å²) >= 11 is 4.57. The van der Waals surface area contributed by atoms with Crippen LogP contribution in [0.1, 0.15) is 37.5 Å². The molecule has 0 saturated carbocycles. The van der Waals surface area contributed by atoms with Crippen LogP contribution >= 0.6 is 12.6 Å². The predicted octanol–water partition coefficient (Wildman–Crippen LogP) is 12.2. The van der Waals surface area contributed by atoms with Gasteiger partial charge in [-0.25, -0.2) is 4.98 Å². The maximum atomic E-state index is 5.07. The summed E-state index contributed by atoms with van der Waals surface area (Å²) in [6.07, 6.45) is 2.22. The zero-order valence-corrected chi connectivity index (χ0v) is 27.6. The average molecular weight is 612 g/mol. The molecular weight excluding hydrogens is 575 g/mol. The van der Waals surface area contributed by atoms with Crippen LogP contribution in [0.4, 0.5) is 0 Å². The molecule has 5 aromatic carbocycles. The molecule has 0 fully saturated rings. The van der Waals surface area contributed by atoms with E-state index in [1.165, 1.54) is 55.7 Å². The molecule has 0 bridgehead atoms. The van der Waals surface area contributed by atoms with Gasteiger partial charge in [0.25, 0.3) is 0 Å². The number of benzene rings is 5. The third-order valence-electron chi connectivity index (χ3n) is 9.40. The van der Waals surface area contributed by atoms with Gasteiger partial charge >= 0.3 is 0 Å². The zero-order chi connectivity index (χ0) is 31.8. The average Bonchev–Trinajstić information content (AvgIpc) is 3.33. The summed E-state index contributed by atoms with van der Waals surface area (Å²) in [5, 5.41) is 1.97.